The van der Waals surface area contributed by atoms with E-state index in [1.807, 2.05) is 13.0 Å². The molecule has 0 aromatic heterocycles. The van der Waals surface area contributed by atoms with Gasteiger partial charge in [-0.25, -0.2) is 5.43 Å². The summed E-state index contributed by atoms with van der Waals surface area (Å²) in [6, 6.07) is 5.31. The topological polar surface area (TPSA) is 61.7 Å². The van der Waals surface area contributed by atoms with Gasteiger partial charge in [-0.3, -0.25) is 4.79 Å². The lowest BCUT2D eigenvalue weighted by Gasteiger charge is -2.12. The molecule has 0 aliphatic carbocycles. The van der Waals surface area contributed by atoms with Gasteiger partial charge in [0.05, 0.1) is 5.71 Å². The highest BCUT2D eigenvalue weighted by atomic mass is 16.3. The van der Waals surface area contributed by atoms with Crippen molar-refractivity contribution in [3.05, 3.63) is 29.3 Å². The Bertz CT molecular complexity index is 438. The third-order valence-electron chi connectivity index (χ3n) is 2.43. The van der Waals surface area contributed by atoms with E-state index in [0.29, 0.717) is 12.8 Å². The molecule has 0 atom stereocenters. The van der Waals surface area contributed by atoms with Crippen molar-refractivity contribution in [1.82, 2.24) is 5.43 Å². The summed E-state index contributed by atoms with van der Waals surface area (Å²) in [5.74, 6) is 0.230. The molecule has 0 bridgehead atoms. The summed E-state index contributed by atoms with van der Waals surface area (Å²) in [4.78, 5) is 10.9. The molecule has 1 heterocycles. The van der Waals surface area contributed by atoms with Crippen LogP contribution in [0.5, 0.6) is 5.75 Å². The number of hydrogen-bond donors (Lipinski definition) is 2. The van der Waals surface area contributed by atoms with E-state index in [1.54, 1.807) is 12.1 Å². The molecule has 78 valence electrons. The maximum Gasteiger partial charge on any atom is 0.240 e. The van der Waals surface area contributed by atoms with Gasteiger partial charge in [0.1, 0.15) is 5.75 Å². The van der Waals surface area contributed by atoms with Crippen LogP contribution >= 0.6 is 0 Å². The molecule has 1 aliphatic heterocycles. The van der Waals surface area contributed by atoms with Crippen molar-refractivity contribution in [3.8, 4) is 5.75 Å². The smallest absolute Gasteiger partial charge is 0.240 e. The zero-order valence-corrected chi connectivity index (χ0v) is 8.45. The highest BCUT2D eigenvalue weighted by molar-refractivity contribution is 6.04. The molecule has 1 aromatic carbocycles. The zero-order chi connectivity index (χ0) is 10.8. The van der Waals surface area contributed by atoms with E-state index in [2.05, 4.69) is 10.5 Å². The van der Waals surface area contributed by atoms with Crippen molar-refractivity contribution < 1.29 is 9.90 Å². The van der Waals surface area contributed by atoms with E-state index in [-0.39, 0.29) is 11.7 Å². The van der Waals surface area contributed by atoms with Crippen molar-refractivity contribution >= 4 is 11.6 Å². The fourth-order valence-electron chi connectivity index (χ4n) is 1.52. The number of carbonyl (C=O) groups excluding carboxylic acids is 1. The summed E-state index contributed by atoms with van der Waals surface area (Å²) in [5.41, 5.74) is 5.07. The fourth-order valence-corrected chi connectivity index (χ4v) is 1.52. The number of phenols is 1. The predicted molar refractivity (Wildman–Crippen MR) is 56.8 cm³/mol. The second kappa shape index (κ2) is 3.73. The first-order valence-electron chi connectivity index (χ1n) is 4.82. The van der Waals surface area contributed by atoms with Gasteiger partial charge in [-0.2, -0.15) is 5.10 Å². The van der Waals surface area contributed by atoms with E-state index in [9.17, 15) is 9.90 Å². The Morgan fingerprint density at radius 1 is 1.40 bits per heavy atom. The van der Waals surface area contributed by atoms with Crippen LogP contribution in [0.3, 0.4) is 0 Å². The van der Waals surface area contributed by atoms with Crippen molar-refractivity contribution in [2.75, 3.05) is 0 Å². The normalized spacial score (nSPS) is 15.8. The number of aromatic hydroxyl groups is 1. The second-order valence-corrected chi connectivity index (χ2v) is 3.59. The fraction of sp³-hybridized carbons (Fsp3) is 0.273. The summed E-state index contributed by atoms with van der Waals surface area (Å²) in [6.07, 6.45) is 1.12. The molecule has 4 nitrogen and oxygen atoms in total. The van der Waals surface area contributed by atoms with Crippen molar-refractivity contribution in [2.45, 2.75) is 19.8 Å². The van der Waals surface area contributed by atoms with Crippen LogP contribution < -0.4 is 5.43 Å². The molecule has 1 amide bonds. The number of benzene rings is 1. The van der Waals surface area contributed by atoms with Crippen LogP contribution in [0.25, 0.3) is 0 Å². The molecule has 2 N–H and O–H groups in total. The largest absolute Gasteiger partial charge is 0.508 e. The Kier molecular flexibility index (Phi) is 2.41. The monoisotopic (exact) mass is 204 g/mol. The Labute approximate surface area is 87.6 Å². The van der Waals surface area contributed by atoms with Gasteiger partial charge in [-0.1, -0.05) is 0 Å². The van der Waals surface area contributed by atoms with Gasteiger partial charge in [-0.05, 0) is 36.2 Å². The first kappa shape index (κ1) is 9.71. The number of amides is 1. The van der Waals surface area contributed by atoms with Crippen LogP contribution in [0.4, 0.5) is 0 Å². The SMILES string of the molecule is Cc1cc(C2=NNC(=O)CC2)ccc1O. The van der Waals surface area contributed by atoms with Gasteiger partial charge >= 0.3 is 0 Å². The number of carbonyl (C=O) groups is 1. The third-order valence-corrected chi connectivity index (χ3v) is 2.43. The highest BCUT2D eigenvalue weighted by Gasteiger charge is 2.13. The predicted octanol–water partition coefficient (Wildman–Crippen LogP) is 1.31. The second-order valence-electron chi connectivity index (χ2n) is 3.59. The van der Waals surface area contributed by atoms with Crippen LogP contribution in [0.2, 0.25) is 0 Å². The molecular weight excluding hydrogens is 192 g/mol. The van der Waals surface area contributed by atoms with E-state index in [1.165, 1.54) is 0 Å². The number of nitrogens with one attached hydrogen (secondary N) is 1. The average molecular weight is 204 g/mol. The van der Waals surface area contributed by atoms with E-state index >= 15 is 0 Å². The maximum atomic E-state index is 10.9. The molecule has 1 aromatic rings. The Balaban J connectivity index is 2.30. The summed E-state index contributed by atoms with van der Waals surface area (Å²) in [6.45, 7) is 1.83. The lowest BCUT2D eigenvalue weighted by Crippen LogP contribution is -2.25. The van der Waals surface area contributed by atoms with Crippen LogP contribution in [-0.4, -0.2) is 16.7 Å². The standard InChI is InChI=1S/C11H12N2O2/c1-7-6-8(2-4-10(7)14)9-3-5-11(15)13-12-9/h2,4,6,14H,3,5H2,1H3,(H,13,15). The Morgan fingerprint density at radius 3 is 2.80 bits per heavy atom. The number of phenolic OH excluding ortho intramolecular Hbond substituents is 1. The number of hydrogen-bond acceptors (Lipinski definition) is 3. The minimum Gasteiger partial charge on any atom is -0.508 e. The molecule has 4 heteroatoms. The maximum absolute atomic E-state index is 10.9. The van der Waals surface area contributed by atoms with Gasteiger partial charge in [0.25, 0.3) is 0 Å². The number of hydrazone groups is 1. The summed E-state index contributed by atoms with van der Waals surface area (Å²) in [5, 5.41) is 13.4. The minimum absolute atomic E-state index is 0.0470. The quantitative estimate of drug-likeness (QED) is 0.724. The third kappa shape index (κ3) is 1.98. The zero-order valence-electron chi connectivity index (χ0n) is 8.45. The first-order valence-corrected chi connectivity index (χ1v) is 4.82. The molecule has 0 saturated heterocycles. The van der Waals surface area contributed by atoms with E-state index in [4.69, 9.17) is 0 Å². The molecule has 0 radical (unpaired) electrons. The molecule has 1 aliphatic rings. The van der Waals surface area contributed by atoms with Crippen molar-refractivity contribution in [2.24, 2.45) is 5.10 Å². The van der Waals surface area contributed by atoms with Gasteiger partial charge in [0.2, 0.25) is 5.91 Å². The number of nitrogens with zero attached hydrogens (tertiary/aromatic N) is 1. The summed E-state index contributed by atoms with van der Waals surface area (Å²) < 4.78 is 0. The van der Waals surface area contributed by atoms with Gasteiger partial charge < -0.3 is 5.11 Å². The average Bonchev–Trinajstić information content (AvgIpc) is 2.23. The van der Waals surface area contributed by atoms with Crippen molar-refractivity contribution in [1.29, 1.82) is 0 Å². The van der Waals surface area contributed by atoms with Crippen LogP contribution in [0.1, 0.15) is 24.0 Å². The number of rotatable bonds is 1. The molecule has 0 saturated carbocycles. The summed E-state index contributed by atoms with van der Waals surface area (Å²) in [7, 11) is 0. The lowest BCUT2D eigenvalue weighted by atomic mass is 10.0. The molecule has 15 heavy (non-hydrogen) atoms. The Hall–Kier alpha value is -1.84. The highest BCUT2D eigenvalue weighted by Crippen LogP contribution is 2.19. The van der Waals surface area contributed by atoms with Gasteiger partial charge in [-0.15, -0.1) is 0 Å². The molecule has 0 unspecified atom stereocenters. The lowest BCUT2D eigenvalue weighted by molar-refractivity contribution is -0.121. The van der Waals surface area contributed by atoms with E-state index in [0.717, 1.165) is 16.8 Å². The molecule has 0 fully saturated rings. The number of aryl methyl sites for hydroxylation is 1. The molecular formula is C11H12N2O2. The van der Waals surface area contributed by atoms with Crippen LogP contribution in [0.15, 0.2) is 23.3 Å². The molecule has 0 spiro atoms. The summed E-state index contributed by atoms with van der Waals surface area (Å²) >= 11 is 0. The van der Waals surface area contributed by atoms with Crippen molar-refractivity contribution in [3.63, 3.8) is 0 Å². The molecule has 2 rings (SSSR count). The van der Waals surface area contributed by atoms with Gasteiger partial charge in [0, 0.05) is 12.8 Å². The van der Waals surface area contributed by atoms with E-state index < -0.39 is 0 Å². The van der Waals surface area contributed by atoms with Crippen LogP contribution in [0, 0.1) is 6.92 Å². The van der Waals surface area contributed by atoms with Gasteiger partial charge in [0.15, 0.2) is 0 Å². The first-order chi connectivity index (χ1) is 7.16. The Morgan fingerprint density at radius 2 is 2.20 bits per heavy atom. The minimum atomic E-state index is -0.0470. The van der Waals surface area contributed by atoms with Crippen LogP contribution in [-0.2, 0) is 4.79 Å².